The molecule has 0 spiro atoms. The van der Waals surface area contributed by atoms with Gasteiger partial charge in [0.2, 0.25) is 5.91 Å². The van der Waals surface area contributed by atoms with Crippen LogP contribution in [0, 0.1) is 0 Å². The van der Waals surface area contributed by atoms with Crippen LogP contribution in [0.4, 0.5) is 0 Å². The fraction of sp³-hybridized carbons (Fsp3) is 0.533. The van der Waals surface area contributed by atoms with E-state index < -0.39 is 0 Å². The average Bonchev–Trinajstić information content (AvgIpc) is 3.23. The summed E-state index contributed by atoms with van der Waals surface area (Å²) in [5, 5.41) is 11.4. The van der Waals surface area contributed by atoms with Gasteiger partial charge in [-0.2, -0.15) is 16.4 Å². The Morgan fingerprint density at radius 2 is 2.45 bits per heavy atom. The topological polar surface area (TPSA) is 63.1 Å². The number of nitrogens with zero attached hydrogens (tertiary/aromatic N) is 4. The Morgan fingerprint density at radius 3 is 3.23 bits per heavy atom. The van der Waals surface area contributed by atoms with Gasteiger partial charge >= 0.3 is 0 Å². The van der Waals surface area contributed by atoms with E-state index in [1.807, 2.05) is 4.68 Å². The van der Waals surface area contributed by atoms with Crippen molar-refractivity contribution in [3.05, 3.63) is 35.0 Å². The van der Waals surface area contributed by atoms with Crippen LogP contribution < -0.4 is 5.32 Å². The van der Waals surface area contributed by atoms with Crippen LogP contribution in [-0.2, 0) is 17.8 Å². The first-order valence-electron chi connectivity index (χ1n) is 7.65. The summed E-state index contributed by atoms with van der Waals surface area (Å²) < 4.78 is 1.84. The van der Waals surface area contributed by atoms with Crippen molar-refractivity contribution in [2.24, 2.45) is 0 Å². The molecule has 1 N–H and O–H groups in total. The van der Waals surface area contributed by atoms with Crippen molar-refractivity contribution in [2.45, 2.75) is 31.8 Å². The summed E-state index contributed by atoms with van der Waals surface area (Å²) in [4.78, 5) is 18.3. The van der Waals surface area contributed by atoms with Gasteiger partial charge in [0.05, 0.1) is 13.1 Å². The average molecular weight is 319 g/mol. The fourth-order valence-electron chi connectivity index (χ4n) is 2.87. The largest absolute Gasteiger partial charge is 0.355 e. The standard InChI is InChI=1S/C15H21N5OS/c21-15(17-5-3-13-4-7-22-10-13)9-19-6-1-2-14(19)8-20-12-16-11-18-20/h4,7,10-12,14H,1-3,5-6,8-9H2,(H,17,21). The number of aromatic nitrogens is 3. The summed E-state index contributed by atoms with van der Waals surface area (Å²) >= 11 is 1.69. The molecule has 0 aliphatic carbocycles. The van der Waals surface area contributed by atoms with Crippen LogP contribution in [0.15, 0.2) is 29.5 Å². The molecular weight excluding hydrogens is 298 g/mol. The van der Waals surface area contributed by atoms with Gasteiger partial charge in [-0.15, -0.1) is 0 Å². The van der Waals surface area contributed by atoms with Crippen LogP contribution in [0.5, 0.6) is 0 Å². The van der Waals surface area contributed by atoms with E-state index in [1.54, 1.807) is 24.0 Å². The zero-order valence-electron chi connectivity index (χ0n) is 12.5. The predicted molar refractivity (Wildman–Crippen MR) is 85.6 cm³/mol. The van der Waals surface area contributed by atoms with Crippen molar-refractivity contribution in [3.8, 4) is 0 Å². The van der Waals surface area contributed by atoms with Crippen molar-refractivity contribution in [2.75, 3.05) is 19.6 Å². The maximum Gasteiger partial charge on any atom is 0.234 e. The Bertz CT molecular complexity index is 569. The molecule has 1 saturated heterocycles. The lowest BCUT2D eigenvalue weighted by molar-refractivity contribution is -0.122. The monoisotopic (exact) mass is 319 g/mol. The first-order valence-corrected chi connectivity index (χ1v) is 8.60. The summed E-state index contributed by atoms with van der Waals surface area (Å²) in [5.74, 6) is 0.112. The minimum Gasteiger partial charge on any atom is -0.355 e. The second-order valence-electron chi connectivity index (χ2n) is 5.62. The van der Waals surface area contributed by atoms with Crippen LogP contribution in [0.1, 0.15) is 18.4 Å². The lowest BCUT2D eigenvalue weighted by Gasteiger charge is -2.23. The van der Waals surface area contributed by atoms with E-state index >= 15 is 0 Å². The van der Waals surface area contributed by atoms with E-state index in [9.17, 15) is 4.79 Å². The molecule has 0 radical (unpaired) electrons. The van der Waals surface area contributed by atoms with Crippen LogP contribution in [0.2, 0.25) is 0 Å². The number of likely N-dealkylation sites (tertiary alicyclic amines) is 1. The maximum absolute atomic E-state index is 12.1. The van der Waals surface area contributed by atoms with Gasteiger partial charge in [0.25, 0.3) is 0 Å². The van der Waals surface area contributed by atoms with Gasteiger partial charge in [0.1, 0.15) is 12.7 Å². The van der Waals surface area contributed by atoms with Crippen molar-refractivity contribution in [1.82, 2.24) is 25.0 Å². The molecule has 1 unspecified atom stereocenters. The molecule has 2 aromatic heterocycles. The fourth-order valence-corrected chi connectivity index (χ4v) is 3.58. The molecule has 1 fully saturated rings. The first-order chi connectivity index (χ1) is 10.8. The summed E-state index contributed by atoms with van der Waals surface area (Å²) in [5.41, 5.74) is 1.29. The van der Waals surface area contributed by atoms with Gasteiger partial charge in [0.15, 0.2) is 0 Å². The highest BCUT2D eigenvalue weighted by atomic mass is 32.1. The van der Waals surface area contributed by atoms with Crippen LogP contribution in [0.3, 0.4) is 0 Å². The number of carbonyl (C=O) groups is 1. The zero-order chi connectivity index (χ0) is 15.2. The van der Waals surface area contributed by atoms with Crippen molar-refractivity contribution >= 4 is 17.2 Å². The second kappa shape index (κ2) is 7.51. The molecule has 0 saturated carbocycles. The van der Waals surface area contributed by atoms with Crippen LogP contribution in [0.25, 0.3) is 0 Å². The van der Waals surface area contributed by atoms with Gasteiger partial charge in [-0.05, 0) is 48.2 Å². The van der Waals surface area contributed by atoms with E-state index in [1.165, 1.54) is 5.56 Å². The van der Waals surface area contributed by atoms with Crippen molar-refractivity contribution < 1.29 is 4.79 Å². The first kappa shape index (κ1) is 15.2. The molecule has 22 heavy (non-hydrogen) atoms. The molecule has 1 aliphatic rings. The van der Waals surface area contributed by atoms with Gasteiger partial charge in [-0.25, -0.2) is 4.98 Å². The van der Waals surface area contributed by atoms with Crippen LogP contribution in [-0.4, -0.2) is 51.2 Å². The number of carbonyl (C=O) groups excluding carboxylic acids is 1. The highest BCUT2D eigenvalue weighted by Crippen LogP contribution is 2.17. The quantitative estimate of drug-likeness (QED) is 0.832. The molecule has 1 amide bonds. The van der Waals surface area contributed by atoms with Gasteiger partial charge < -0.3 is 5.32 Å². The molecule has 3 rings (SSSR count). The second-order valence-corrected chi connectivity index (χ2v) is 6.40. The van der Waals surface area contributed by atoms with Gasteiger partial charge in [-0.1, -0.05) is 0 Å². The van der Waals surface area contributed by atoms with Crippen LogP contribution >= 0.6 is 11.3 Å². The minimum atomic E-state index is 0.112. The molecular formula is C15H21N5OS. The molecule has 6 nitrogen and oxygen atoms in total. The summed E-state index contributed by atoms with van der Waals surface area (Å²) in [6, 6.07) is 2.48. The number of amides is 1. The third-order valence-electron chi connectivity index (χ3n) is 4.03. The molecule has 2 aromatic rings. The third kappa shape index (κ3) is 4.14. The third-order valence-corrected chi connectivity index (χ3v) is 4.76. The minimum absolute atomic E-state index is 0.112. The normalized spacial score (nSPS) is 18.6. The maximum atomic E-state index is 12.1. The molecule has 7 heteroatoms. The number of hydrogen-bond donors (Lipinski definition) is 1. The summed E-state index contributed by atoms with van der Waals surface area (Å²) in [6.45, 7) is 2.97. The smallest absolute Gasteiger partial charge is 0.234 e. The predicted octanol–water partition coefficient (Wildman–Crippen LogP) is 1.16. The number of hydrogen-bond acceptors (Lipinski definition) is 5. The van der Waals surface area contributed by atoms with E-state index in [0.717, 1.165) is 32.4 Å². The summed E-state index contributed by atoms with van der Waals surface area (Å²) in [7, 11) is 0. The van der Waals surface area contributed by atoms with E-state index in [-0.39, 0.29) is 5.91 Å². The summed E-state index contributed by atoms with van der Waals surface area (Å²) in [6.07, 6.45) is 6.44. The lowest BCUT2D eigenvalue weighted by Crippen LogP contribution is -2.41. The molecule has 3 heterocycles. The number of nitrogens with one attached hydrogen (secondary N) is 1. The van der Waals surface area contributed by atoms with E-state index in [0.29, 0.717) is 19.1 Å². The Morgan fingerprint density at radius 1 is 1.50 bits per heavy atom. The molecule has 0 aromatic carbocycles. The number of rotatable bonds is 7. The molecule has 0 bridgehead atoms. The number of thiophene rings is 1. The Balaban J connectivity index is 1.41. The zero-order valence-corrected chi connectivity index (χ0v) is 13.3. The van der Waals surface area contributed by atoms with E-state index in [2.05, 4.69) is 37.1 Å². The van der Waals surface area contributed by atoms with Gasteiger partial charge in [0, 0.05) is 12.6 Å². The molecule has 1 aliphatic heterocycles. The Hall–Kier alpha value is -1.73. The lowest BCUT2D eigenvalue weighted by atomic mass is 10.2. The Kier molecular flexibility index (Phi) is 5.18. The van der Waals surface area contributed by atoms with Gasteiger partial charge in [-0.3, -0.25) is 14.4 Å². The SMILES string of the molecule is O=C(CN1CCCC1Cn1cncn1)NCCc1ccsc1. The van der Waals surface area contributed by atoms with E-state index in [4.69, 9.17) is 0 Å². The molecule has 1 atom stereocenters. The highest BCUT2D eigenvalue weighted by molar-refractivity contribution is 7.07. The molecule has 118 valence electrons. The van der Waals surface area contributed by atoms with Crippen molar-refractivity contribution in [3.63, 3.8) is 0 Å². The Labute approximate surface area is 134 Å². The van der Waals surface area contributed by atoms with Crippen molar-refractivity contribution in [1.29, 1.82) is 0 Å². The highest BCUT2D eigenvalue weighted by Gasteiger charge is 2.26.